The van der Waals surface area contributed by atoms with E-state index in [0.29, 0.717) is 0 Å². The molecule has 2 heterocycles. The van der Waals surface area contributed by atoms with Crippen LogP contribution in [-0.2, 0) is 6.42 Å². The van der Waals surface area contributed by atoms with E-state index >= 15 is 0 Å². The van der Waals surface area contributed by atoms with Gasteiger partial charge in [-0.15, -0.1) is 0 Å². The van der Waals surface area contributed by atoms with E-state index in [1.165, 1.54) is 46.2 Å². The molecule has 0 aliphatic carbocycles. The zero-order valence-corrected chi connectivity index (χ0v) is 14.4. The SMILES string of the molecule is CCCCc1ccc2c(c1)sc1nc(-c3ccc(C)cc3)cn12. The highest BCUT2D eigenvalue weighted by Crippen LogP contribution is 2.30. The fraction of sp³-hybridized carbons (Fsp3) is 0.250. The number of nitrogens with zero attached hydrogens (tertiary/aromatic N) is 2. The molecule has 0 bridgehead atoms. The molecule has 0 atom stereocenters. The highest BCUT2D eigenvalue weighted by atomic mass is 32.1. The lowest BCUT2D eigenvalue weighted by atomic mass is 10.1. The summed E-state index contributed by atoms with van der Waals surface area (Å²) in [6.45, 7) is 4.35. The first kappa shape index (κ1) is 14.5. The number of benzene rings is 2. The maximum Gasteiger partial charge on any atom is 0.195 e. The number of fused-ring (bicyclic) bond motifs is 3. The number of aryl methyl sites for hydroxylation is 2. The summed E-state index contributed by atoms with van der Waals surface area (Å²) in [4.78, 5) is 5.90. The van der Waals surface area contributed by atoms with Crippen LogP contribution in [0.15, 0.2) is 48.7 Å². The van der Waals surface area contributed by atoms with E-state index in [1.807, 2.05) is 0 Å². The second-order valence-electron chi connectivity index (χ2n) is 6.15. The number of aromatic nitrogens is 2. The standard InChI is InChI=1S/C20H20N2S/c1-3-4-5-15-8-11-18-19(12-15)23-20-21-17(13-22(18)20)16-9-6-14(2)7-10-16/h6-13H,3-5H2,1-2H3. The molecule has 0 unspecified atom stereocenters. The summed E-state index contributed by atoms with van der Waals surface area (Å²) in [5.74, 6) is 0. The Morgan fingerprint density at radius 2 is 1.91 bits per heavy atom. The minimum Gasteiger partial charge on any atom is -0.290 e. The molecule has 2 aromatic heterocycles. The zero-order chi connectivity index (χ0) is 15.8. The summed E-state index contributed by atoms with van der Waals surface area (Å²) in [6, 6.07) is 15.4. The molecule has 2 aromatic carbocycles. The normalized spacial score (nSPS) is 11.6. The summed E-state index contributed by atoms with van der Waals surface area (Å²) in [6.07, 6.45) is 5.82. The lowest BCUT2D eigenvalue weighted by Crippen LogP contribution is -1.84. The smallest absolute Gasteiger partial charge is 0.195 e. The second-order valence-corrected chi connectivity index (χ2v) is 7.16. The van der Waals surface area contributed by atoms with Gasteiger partial charge in [0, 0.05) is 11.8 Å². The van der Waals surface area contributed by atoms with E-state index in [2.05, 4.69) is 66.9 Å². The molecule has 0 amide bonds. The third-order valence-electron chi connectivity index (χ3n) is 4.32. The van der Waals surface area contributed by atoms with Crippen LogP contribution in [0.2, 0.25) is 0 Å². The summed E-state index contributed by atoms with van der Waals surface area (Å²) >= 11 is 1.78. The summed E-state index contributed by atoms with van der Waals surface area (Å²) in [5.41, 5.74) is 6.20. The van der Waals surface area contributed by atoms with Crippen molar-refractivity contribution in [2.24, 2.45) is 0 Å². The predicted octanol–water partition coefficient (Wildman–Crippen LogP) is 5.87. The van der Waals surface area contributed by atoms with Gasteiger partial charge in [-0.2, -0.15) is 0 Å². The van der Waals surface area contributed by atoms with Gasteiger partial charge in [0.2, 0.25) is 0 Å². The third-order valence-corrected chi connectivity index (χ3v) is 5.34. The van der Waals surface area contributed by atoms with Crippen molar-refractivity contribution in [3.05, 3.63) is 59.8 Å². The average molecular weight is 320 g/mol. The van der Waals surface area contributed by atoms with Gasteiger partial charge in [0.1, 0.15) is 0 Å². The first-order valence-corrected chi connectivity index (χ1v) is 9.04. The van der Waals surface area contributed by atoms with Crippen LogP contribution in [0.4, 0.5) is 0 Å². The van der Waals surface area contributed by atoms with Crippen LogP contribution in [-0.4, -0.2) is 9.38 Å². The molecule has 0 N–H and O–H groups in total. The van der Waals surface area contributed by atoms with Crippen molar-refractivity contribution in [3.8, 4) is 11.3 Å². The van der Waals surface area contributed by atoms with Crippen molar-refractivity contribution in [1.29, 1.82) is 0 Å². The van der Waals surface area contributed by atoms with E-state index < -0.39 is 0 Å². The molecule has 2 nitrogen and oxygen atoms in total. The Balaban J connectivity index is 1.76. The highest BCUT2D eigenvalue weighted by Gasteiger charge is 2.10. The van der Waals surface area contributed by atoms with Crippen LogP contribution < -0.4 is 0 Å². The lowest BCUT2D eigenvalue weighted by Gasteiger charge is -2.00. The molecule has 0 saturated heterocycles. The molecular formula is C20H20N2S. The highest BCUT2D eigenvalue weighted by molar-refractivity contribution is 7.23. The summed E-state index contributed by atoms with van der Waals surface area (Å²) < 4.78 is 3.55. The number of imidazole rings is 1. The Labute approximate surface area is 140 Å². The fourth-order valence-corrected chi connectivity index (χ4v) is 4.02. The molecule has 0 spiro atoms. The van der Waals surface area contributed by atoms with Crippen molar-refractivity contribution >= 4 is 26.5 Å². The van der Waals surface area contributed by atoms with Crippen molar-refractivity contribution in [2.45, 2.75) is 33.1 Å². The predicted molar refractivity (Wildman–Crippen MR) is 99.4 cm³/mol. The van der Waals surface area contributed by atoms with Gasteiger partial charge in [0.25, 0.3) is 0 Å². The largest absolute Gasteiger partial charge is 0.290 e. The molecule has 23 heavy (non-hydrogen) atoms. The summed E-state index contributed by atoms with van der Waals surface area (Å²) in [7, 11) is 0. The van der Waals surface area contributed by atoms with E-state index in [4.69, 9.17) is 4.98 Å². The van der Waals surface area contributed by atoms with Crippen molar-refractivity contribution in [3.63, 3.8) is 0 Å². The van der Waals surface area contributed by atoms with Crippen molar-refractivity contribution in [1.82, 2.24) is 9.38 Å². The number of unbranched alkanes of at least 4 members (excludes halogenated alkanes) is 1. The van der Waals surface area contributed by atoms with E-state index in [0.717, 1.165) is 10.7 Å². The van der Waals surface area contributed by atoms with Crippen LogP contribution in [0.5, 0.6) is 0 Å². The van der Waals surface area contributed by atoms with Crippen LogP contribution in [0.1, 0.15) is 30.9 Å². The quantitative estimate of drug-likeness (QED) is 0.460. The van der Waals surface area contributed by atoms with Gasteiger partial charge in [-0.25, -0.2) is 4.98 Å². The molecule has 0 fully saturated rings. The number of hydrogen-bond acceptors (Lipinski definition) is 2. The van der Waals surface area contributed by atoms with Crippen molar-refractivity contribution in [2.75, 3.05) is 0 Å². The maximum atomic E-state index is 4.82. The topological polar surface area (TPSA) is 17.3 Å². The first-order valence-electron chi connectivity index (χ1n) is 8.22. The number of thiazole rings is 1. The van der Waals surface area contributed by atoms with E-state index in [9.17, 15) is 0 Å². The van der Waals surface area contributed by atoms with E-state index in [-0.39, 0.29) is 0 Å². The molecule has 0 saturated carbocycles. The Morgan fingerprint density at radius 3 is 2.70 bits per heavy atom. The molecule has 0 radical (unpaired) electrons. The van der Waals surface area contributed by atoms with Gasteiger partial charge >= 0.3 is 0 Å². The van der Waals surface area contributed by atoms with Crippen LogP contribution in [0.25, 0.3) is 26.4 Å². The summed E-state index contributed by atoms with van der Waals surface area (Å²) in [5, 5.41) is 0. The Morgan fingerprint density at radius 1 is 1.09 bits per heavy atom. The number of rotatable bonds is 4. The molecule has 0 aliphatic rings. The van der Waals surface area contributed by atoms with Gasteiger partial charge in [-0.3, -0.25) is 4.40 Å². The van der Waals surface area contributed by atoms with Gasteiger partial charge in [-0.05, 0) is 37.5 Å². The van der Waals surface area contributed by atoms with Gasteiger partial charge < -0.3 is 0 Å². The Kier molecular flexibility index (Phi) is 3.66. The zero-order valence-electron chi connectivity index (χ0n) is 13.5. The second kappa shape index (κ2) is 5.82. The first-order chi connectivity index (χ1) is 11.2. The van der Waals surface area contributed by atoms with Crippen LogP contribution in [0, 0.1) is 6.92 Å². The molecule has 3 heteroatoms. The molecule has 0 aliphatic heterocycles. The lowest BCUT2D eigenvalue weighted by molar-refractivity contribution is 0.796. The fourth-order valence-electron chi connectivity index (χ4n) is 2.95. The van der Waals surface area contributed by atoms with Crippen LogP contribution in [0.3, 0.4) is 0 Å². The molecule has 4 rings (SSSR count). The van der Waals surface area contributed by atoms with Gasteiger partial charge in [0.05, 0.1) is 15.9 Å². The monoisotopic (exact) mass is 320 g/mol. The minimum absolute atomic E-state index is 1.05. The third kappa shape index (κ3) is 2.66. The molecule has 116 valence electrons. The van der Waals surface area contributed by atoms with Crippen molar-refractivity contribution < 1.29 is 0 Å². The molecular weight excluding hydrogens is 300 g/mol. The van der Waals surface area contributed by atoms with Crippen LogP contribution >= 0.6 is 11.3 Å². The Hall–Kier alpha value is -2.13. The maximum absolute atomic E-state index is 4.82. The average Bonchev–Trinajstić information content (AvgIpc) is 3.10. The van der Waals surface area contributed by atoms with Gasteiger partial charge in [0.15, 0.2) is 4.96 Å². The number of hydrogen-bond donors (Lipinski definition) is 0. The Bertz CT molecular complexity index is 961. The minimum atomic E-state index is 1.05. The van der Waals surface area contributed by atoms with Gasteiger partial charge in [-0.1, -0.05) is 60.6 Å². The van der Waals surface area contributed by atoms with E-state index in [1.54, 1.807) is 11.3 Å². The molecule has 4 aromatic rings.